The van der Waals surface area contributed by atoms with Crippen LogP contribution in [0.3, 0.4) is 0 Å². The lowest BCUT2D eigenvalue weighted by Gasteiger charge is -2.47. The number of aliphatic imine (C=N–C) groups is 2. The topological polar surface area (TPSA) is 80.0 Å². The highest BCUT2D eigenvalue weighted by molar-refractivity contribution is 6.06. The lowest BCUT2D eigenvalue weighted by molar-refractivity contribution is 0.304. The van der Waals surface area contributed by atoms with Crippen molar-refractivity contribution in [2.24, 2.45) is 21.5 Å². The molecule has 0 unspecified atom stereocenters. The normalized spacial score (nSPS) is 20.2. The number of hydrogen-bond acceptors (Lipinski definition) is 5. The van der Waals surface area contributed by atoms with Crippen LogP contribution in [0.2, 0.25) is 0 Å². The Balaban J connectivity index is 2.24. The summed E-state index contributed by atoms with van der Waals surface area (Å²) >= 11 is 0. The van der Waals surface area contributed by atoms with Gasteiger partial charge in [0.15, 0.2) is 0 Å². The SMILES string of the molecule is CC(C)c1cccc(C(C)C)c1N1C(N)=NC(N)=NC12CCCCC2. The predicted molar refractivity (Wildman–Crippen MR) is 106 cm³/mol. The highest BCUT2D eigenvalue weighted by Crippen LogP contribution is 2.44. The predicted octanol–water partition coefficient (Wildman–Crippen LogP) is 4.04. The van der Waals surface area contributed by atoms with Crippen molar-refractivity contribution in [2.45, 2.75) is 77.3 Å². The minimum absolute atomic E-state index is 0.309. The number of benzene rings is 1. The Labute approximate surface area is 151 Å². The molecule has 1 aromatic rings. The number of nitrogens with zero attached hydrogens (tertiary/aromatic N) is 3. The number of hydrogen-bond donors (Lipinski definition) is 2. The average Bonchev–Trinajstić information content (AvgIpc) is 2.54. The van der Waals surface area contributed by atoms with Gasteiger partial charge in [0, 0.05) is 0 Å². The zero-order valence-electron chi connectivity index (χ0n) is 15.9. The van der Waals surface area contributed by atoms with Gasteiger partial charge >= 0.3 is 0 Å². The standard InChI is InChI=1S/C20H31N5/c1-13(2)15-9-8-10-16(14(3)4)17(15)25-19(22)23-18(21)24-20(25)11-6-5-7-12-20/h8-10,13-14H,5-7,11-12H2,1-4H3,(H4,21,22,23,24). The van der Waals surface area contributed by atoms with Crippen LogP contribution in [0.4, 0.5) is 5.69 Å². The third kappa shape index (κ3) is 3.12. The quantitative estimate of drug-likeness (QED) is 0.870. The van der Waals surface area contributed by atoms with Gasteiger partial charge in [0.25, 0.3) is 0 Å². The zero-order valence-corrected chi connectivity index (χ0v) is 15.9. The summed E-state index contributed by atoms with van der Waals surface area (Å²) in [5.74, 6) is 1.57. The fraction of sp³-hybridized carbons (Fsp3) is 0.600. The third-order valence-electron chi connectivity index (χ3n) is 5.42. The van der Waals surface area contributed by atoms with Crippen LogP contribution in [-0.4, -0.2) is 17.6 Å². The van der Waals surface area contributed by atoms with Gasteiger partial charge in [0.2, 0.25) is 11.9 Å². The van der Waals surface area contributed by atoms with E-state index >= 15 is 0 Å². The van der Waals surface area contributed by atoms with Crippen LogP contribution in [0.5, 0.6) is 0 Å². The Hall–Kier alpha value is -2.04. The van der Waals surface area contributed by atoms with Crippen LogP contribution >= 0.6 is 0 Å². The van der Waals surface area contributed by atoms with Crippen molar-refractivity contribution in [2.75, 3.05) is 4.90 Å². The zero-order chi connectivity index (χ0) is 18.2. The molecule has 1 aromatic carbocycles. The van der Waals surface area contributed by atoms with Crippen molar-refractivity contribution in [3.8, 4) is 0 Å². The Morgan fingerprint density at radius 3 is 2.04 bits per heavy atom. The molecule has 25 heavy (non-hydrogen) atoms. The van der Waals surface area contributed by atoms with E-state index in [1.54, 1.807) is 0 Å². The molecule has 0 amide bonds. The molecule has 1 saturated carbocycles. The lowest BCUT2D eigenvalue weighted by atomic mass is 9.84. The first-order chi connectivity index (χ1) is 11.9. The molecular formula is C20H31N5. The van der Waals surface area contributed by atoms with Crippen molar-refractivity contribution < 1.29 is 0 Å². The summed E-state index contributed by atoms with van der Waals surface area (Å²) in [6, 6.07) is 6.56. The maximum absolute atomic E-state index is 6.46. The van der Waals surface area contributed by atoms with Gasteiger partial charge in [-0.25, -0.2) is 4.99 Å². The molecule has 1 spiro atoms. The van der Waals surface area contributed by atoms with Gasteiger partial charge in [-0.2, -0.15) is 4.99 Å². The van der Waals surface area contributed by atoms with E-state index in [0.717, 1.165) is 25.7 Å². The van der Waals surface area contributed by atoms with E-state index in [1.807, 2.05) is 0 Å². The van der Waals surface area contributed by atoms with Crippen molar-refractivity contribution >= 4 is 17.6 Å². The van der Waals surface area contributed by atoms with Gasteiger partial charge < -0.3 is 11.5 Å². The molecule has 5 heteroatoms. The first-order valence-electron chi connectivity index (χ1n) is 9.48. The highest BCUT2D eigenvalue weighted by atomic mass is 15.4. The largest absolute Gasteiger partial charge is 0.369 e. The average molecular weight is 342 g/mol. The molecule has 2 aliphatic rings. The maximum Gasteiger partial charge on any atom is 0.220 e. The van der Waals surface area contributed by atoms with Gasteiger partial charge in [0.1, 0.15) is 5.66 Å². The molecule has 0 bridgehead atoms. The molecule has 0 atom stereocenters. The lowest BCUT2D eigenvalue weighted by Crippen LogP contribution is -2.58. The number of para-hydroxylation sites is 1. The van der Waals surface area contributed by atoms with Crippen LogP contribution in [0.25, 0.3) is 0 Å². The maximum atomic E-state index is 6.46. The minimum Gasteiger partial charge on any atom is -0.369 e. The van der Waals surface area contributed by atoms with Crippen LogP contribution in [0, 0.1) is 0 Å². The second-order valence-electron chi connectivity index (χ2n) is 7.91. The molecule has 1 heterocycles. The van der Waals surface area contributed by atoms with Gasteiger partial charge in [-0.05, 0) is 48.6 Å². The van der Waals surface area contributed by atoms with Gasteiger partial charge in [-0.1, -0.05) is 52.3 Å². The Morgan fingerprint density at radius 2 is 1.52 bits per heavy atom. The van der Waals surface area contributed by atoms with E-state index in [9.17, 15) is 0 Å². The van der Waals surface area contributed by atoms with Crippen molar-refractivity contribution in [1.82, 2.24) is 0 Å². The second-order valence-corrected chi connectivity index (χ2v) is 7.91. The van der Waals surface area contributed by atoms with Crippen molar-refractivity contribution in [3.05, 3.63) is 29.3 Å². The molecule has 0 saturated heterocycles. The van der Waals surface area contributed by atoms with E-state index in [4.69, 9.17) is 16.5 Å². The molecule has 3 rings (SSSR count). The molecule has 1 aliphatic carbocycles. The number of anilines is 1. The Kier molecular flexibility index (Phi) is 4.76. The second kappa shape index (κ2) is 6.70. The van der Waals surface area contributed by atoms with E-state index < -0.39 is 0 Å². The summed E-state index contributed by atoms with van der Waals surface area (Å²) in [5, 5.41) is 0. The fourth-order valence-electron chi connectivity index (χ4n) is 4.21. The van der Waals surface area contributed by atoms with E-state index in [2.05, 4.69) is 55.8 Å². The van der Waals surface area contributed by atoms with E-state index in [-0.39, 0.29) is 5.66 Å². The van der Waals surface area contributed by atoms with Crippen LogP contribution in [0.1, 0.15) is 82.8 Å². The smallest absolute Gasteiger partial charge is 0.220 e. The number of rotatable bonds is 3. The summed E-state index contributed by atoms with van der Waals surface area (Å²) in [5.41, 5.74) is 15.9. The van der Waals surface area contributed by atoms with Gasteiger partial charge in [-0.3, -0.25) is 4.90 Å². The van der Waals surface area contributed by atoms with Gasteiger partial charge in [0.05, 0.1) is 5.69 Å². The summed E-state index contributed by atoms with van der Waals surface area (Å²) in [6.07, 6.45) is 5.45. The number of guanidine groups is 2. The summed E-state index contributed by atoms with van der Waals surface area (Å²) < 4.78 is 0. The van der Waals surface area contributed by atoms with Gasteiger partial charge in [-0.15, -0.1) is 0 Å². The third-order valence-corrected chi connectivity index (χ3v) is 5.42. The molecule has 5 nitrogen and oxygen atoms in total. The van der Waals surface area contributed by atoms with Crippen molar-refractivity contribution in [3.63, 3.8) is 0 Å². The molecular weight excluding hydrogens is 310 g/mol. The van der Waals surface area contributed by atoms with E-state index in [0.29, 0.717) is 23.8 Å². The first kappa shape index (κ1) is 17.8. The Bertz CT molecular complexity index is 670. The number of nitrogens with two attached hydrogens (primary N) is 2. The highest BCUT2D eigenvalue weighted by Gasteiger charge is 2.44. The minimum atomic E-state index is -0.386. The summed E-state index contributed by atoms with van der Waals surface area (Å²) in [4.78, 5) is 11.4. The van der Waals surface area contributed by atoms with Crippen LogP contribution in [0.15, 0.2) is 28.2 Å². The molecule has 4 N–H and O–H groups in total. The molecule has 0 aromatic heterocycles. The molecule has 1 aliphatic heterocycles. The molecule has 0 radical (unpaired) electrons. The summed E-state index contributed by atoms with van der Waals surface area (Å²) in [7, 11) is 0. The Morgan fingerprint density at radius 1 is 0.960 bits per heavy atom. The van der Waals surface area contributed by atoms with E-state index in [1.165, 1.54) is 23.2 Å². The van der Waals surface area contributed by atoms with Crippen LogP contribution in [-0.2, 0) is 0 Å². The molecule has 136 valence electrons. The van der Waals surface area contributed by atoms with Crippen LogP contribution < -0.4 is 16.4 Å². The fourth-order valence-corrected chi connectivity index (χ4v) is 4.21. The summed E-state index contributed by atoms with van der Waals surface area (Å²) in [6.45, 7) is 8.91. The molecule has 1 fully saturated rings. The monoisotopic (exact) mass is 341 g/mol. The first-order valence-corrected chi connectivity index (χ1v) is 9.48. The van der Waals surface area contributed by atoms with Crippen molar-refractivity contribution in [1.29, 1.82) is 0 Å².